The Bertz CT molecular complexity index is 891. The highest BCUT2D eigenvalue weighted by molar-refractivity contribution is 5.94. The van der Waals surface area contributed by atoms with E-state index >= 15 is 0 Å². The highest BCUT2D eigenvalue weighted by atomic mass is 16.5. The van der Waals surface area contributed by atoms with Crippen molar-refractivity contribution < 1.29 is 18.7 Å². The molecule has 0 saturated heterocycles. The van der Waals surface area contributed by atoms with Crippen molar-refractivity contribution in [3.8, 4) is 11.5 Å². The molecule has 3 N–H and O–H groups in total. The number of benzene rings is 1. The summed E-state index contributed by atoms with van der Waals surface area (Å²) < 4.78 is 16.9. The number of carbonyl (C=O) groups is 1. The van der Waals surface area contributed by atoms with Gasteiger partial charge in [-0.3, -0.25) is 9.79 Å². The molecule has 0 bridgehead atoms. The van der Waals surface area contributed by atoms with E-state index in [4.69, 9.17) is 13.9 Å². The number of rotatable bonds is 8. The van der Waals surface area contributed by atoms with Gasteiger partial charge in [0.15, 0.2) is 17.5 Å². The normalized spacial score (nSPS) is 16.4. The second kappa shape index (κ2) is 11.5. The third kappa shape index (κ3) is 6.67. The SMILES string of the molecule is O=C(CCNC(=NCCc1ccco1)Nc1ccc2c(c1)OCCCO2)NC1CCCC1. The van der Waals surface area contributed by atoms with Gasteiger partial charge in [0.2, 0.25) is 5.91 Å². The monoisotopic (exact) mass is 440 g/mol. The number of nitrogens with one attached hydrogen (secondary N) is 3. The van der Waals surface area contributed by atoms with E-state index in [0.717, 1.165) is 42.2 Å². The zero-order valence-corrected chi connectivity index (χ0v) is 18.4. The third-order valence-electron chi connectivity index (χ3n) is 5.58. The van der Waals surface area contributed by atoms with E-state index in [1.165, 1.54) is 12.8 Å². The molecule has 2 aliphatic rings. The minimum absolute atomic E-state index is 0.0786. The van der Waals surface area contributed by atoms with Crippen molar-refractivity contribution in [2.75, 3.05) is 31.6 Å². The molecule has 0 unspecified atom stereocenters. The predicted molar refractivity (Wildman–Crippen MR) is 123 cm³/mol. The number of carbonyl (C=O) groups excluding carboxylic acids is 1. The lowest BCUT2D eigenvalue weighted by Crippen LogP contribution is -2.37. The van der Waals surface area contributed by atoms with Gasteiger partial charge in [-0.2, -0.15) is 0 Å². The molecule has 1 fully saturated rings. The van der Waals surface area contributed by atoms with E-state index in [-0.39, 0.29) is 5.91 Å². The molecule has 172 valence electrons. The molecular formula is C24H32N4O4. The van der Waals surface area contributed by atoms with Crippen molar-refractivity contribution in [2.24, 2.45) is 4.99 Å². The summed E-state index contributed by atoms with van der Waals surface area (Å²) in [5.41, 5.74) is 0.842. The molecule has 8 nitrogen and oxygen atoms in total. The molecule has 0 atom stereocenters. The smallest absolute Gasteiger partial charge is 0.221 e. The fourth-order valence-corrected chi connectivity index (χ4v) is 3.91. The van der Waals surface area contributed by atoms with Gasteiger partial charge < -0.3 is 29.8 Å². The lowest BCUT2D eigenvalue weighted by Gasteiger charge is -2.15. The van der Waals surface area contributed by atoms with Gasteiger partial charge in [0, 0.05) is 50.1 Å². The Labute approximate surface area is 188 Å². The first-order valence-electron chi connectivity index (χ1n) is 11.5. The lowest BCUT2D eigenvalue weighted by atomic mass is 10.2. The first-order valence-corrected chi connectivity index (χ1v) is 11.5. The summed E-state index contributed by atoms with van der Waals surface area (Å²) in [6.07, 6.45) is 8.21. The molecule has 32 heavy (non-hydrogen) atoms. The number of ether oxygens (including phenoxy) is 2. The molecule has 1 amide bonds. The number of nitrogens with zero attached hydrogens (tertiary/aromatic N) is 1. The van der Waals surface area contributed by atoms with E-state index in [0.29, 0.717) is 51.1 Å². The van der Waals surface area contributed by atoms with Crippen LogP contribution in [0.1, 0.15) is 44.3 Å². The van der Waals surface area contributed by atoms with Crippen molar-refractivity contribution in [1.29, 1.82) is 0 Å². The van der Waals surface area contributed by atoms with Gasteiger partial charge in [-0.25, -0.2) is 0 Å². The van der Waals surface area contributed by atoms with Crippen LogP contribution in [0.25, 0.3) is 0 Å². The standard InChI is InChI=1S/C24H32N4O4/c29-23(27-18-5-1-2-6-18)11-13-26-24(25-12-10-20-7-3-14-30-20)28-19-8-9-21-22(17-19)32-16-4-15-31-21/h3,7-9,14,17-18H,1-2,4-6,10-13,15-16H2,(H,27,29)(H2,25,26,28). The van der Waals surface area contributed by atoms with E-state index in [2.05, 4.69) is 20.9 Å². The highest BCUT2D eigenvalue weighted by Crippen LogP contribution is 2.32. The Balaban J connectivity index is 1.34. The summed E-state index contributed by atoms with van der Waals surface area (Å²) in [5.74, 6) is 3.05. The first kappa shape index (κ1) is 22.0. The number of anilines is 1. The average molecular weight is 441 g/mol. The molecule has 1 saturated carbocycles. The number of aliphatic imine (C=N–C) groups is 1. The Morgan fingerprint density at radius 2 is 1.91 bits per heavy atom. The average Bonchev–Trinajstić information content (AvgIpc) is 3.44. The van der Waals surface area contributed by atoms with Gasteiger partial charge in [-0.1, -0.05) is 12.8 Å². The maximum absolute atomic E-state index is 12.2. The van der Waals surface area contributed by atoms with Gasteiger partial charge in [-0.05, 0) is 37.1 Å². The van der Waals surface area contributed by atoms with Crippen molar-refractivity contribution >= 4 is 17.6 Å². The first-order chi connectivity index (χ1) is 15.8. The molecule has 8 heteroatoms. The van der Waals surface area contributed by atoms with Crippen LogP contribution in [-0.2, 0) is 11.2 Å². The van der Waals surface area contributed by atoms with Crippen LogP contribution >= 0.6 is 0 Å². The van der Waals surface area contributed by atoms with Gasteiger partial charge in [0.25, 0.3) is 0 Å². The van der Waals surface area contributed by atoms with Crippen LogP contribution in [0.5, 0.6) is 11.5 Å². The summed E-state index contributed by atoms with van der Waals surface area (Å²) in [6, 6.07) is 9.90. The van der Waals surface area contributed by atoms with Gasteiger partial charge in [0.05, 0.1) is 19.5 Å². The summed E-state index contributed by atoms with van der Waals surface area (Å²) >= 11 is 0. The second-order valence-electron chi connectivity index (χ2n) is 8.12. The van der Waals surface area contributed by atoms with Gasteiger partial charge in [0.1, 0.15) is 5.76 Å². The fourth-order valence-electron chi connectivity index (χ4n) is 3.91. The molecule has 0 radical (unpaired) electrons. The minimum Gasteiger partial charge on any atom is -0.490 e. The number of amides is 1. The maximum atomic E-state index is 12.2. The number of fused-ring (bicyclic) bond motifs is 1. The van der Waals surface area contributed by atoms with Crippen LogP contribution in [0.3, 0.4) is 0 Å². The fraction of sp³-hybridized carbons (Fsp3) is 0.500. The zero-order valence-electron chi connectivity index (χ0n) is 18.4. The van der Waals surface area contributed by atoms with Crippen molar-refractivity contribution in [3.63, 3.8) is 0 Å². The summed E-state index contributed by atoms with van der Waals surface area (Å²) in [4.78, 5) is 16.9. The van der Waals surface area contributed by atoms with E-state index in [1.807, 2.05) is 30.3 Å². The van der Waals surface area contributed by atoms with E-state index < -0.39 is 0 Å². The molecule has 2 aromatic rings. The topological polar surface area (TPSA) is 97.1 Å². The molecule has 4 rings (SSSR count). The van der Waals surface area contributed by atoms with Crippen LogP contribution in [0, 0.1) is 0 Å². The molecule has 2 heterocycles. The minimum atomic E-state index is 0.0786. The van der Waals surface area contributed by atoms with Gasteiger partial charge in [-0.15, -0.1) is 0 Å². The van der Waals surface area contributed by atoms with Crippen LogP contribution in [0.4, 0.5) is 5.69 Å². The molecular weight excluding hydrogens is 408 g/mol. The van der Waals surface area contributed by atoms with Crippen LogP contribution in [-0.4, -0.2) is 44.2 Å². The van der Waals surface area contributed by atoms with Crippen molar-refractivity contribution in [3.05, 3.63) is 42.4 Å². The number of hydrogen-bond donors (Lipinski definition) is 3. The second-order valence-corrected chi connectivity index (χ2v) is 8.12. The number of guanidine groups is 1. The summed E-state index contributed by atoms with van der Waals surface area (Å²) in [5, 5.41) is 9.71. The van der Waals surface area contributed by atoms with Crippen LogP contribution < -0.4 is 25.4 Å². The Kier molecular flexibility index (Phi) is 7.89. The Morgan fingerprint density at radius 1 is 1.06 bits per heavy atom. The van der Waals surface area contributed by atoms with E-state index in [1.54, 1.807) is 6.26 Å². The largest absolute Gasteiger partial charge is 0.490 e. The Hall–Kier alpha value is -3.16. The third-order valence-corrected chi connectivity index (χ3v) is 5.58. The predicted octanol–water partition coefficient (Wildman–Crippen LogP) is 3.49. The highest BCUT2D eigenvalue weighted by Gasteiger charge is 2.17. The van der Waals surface area contributed by atoms with Gasteiger partial charge >= 0.3 is 0 Å². The van der Waals surface area contributed by atoms with Crippen LogP contribution in [0.2, 0.25) is 0 Å². The summed E-state index contributed by atoms with van der Waals surface area (Å²) in [6.45, 7) is 2.34. The number of hydrogen-bond acceptors (Lipinski definition) is 5. The molecule has 0 spiro atoms. The molecule has 1 aromatic carbocycles. The Morgan fingerprint density at radius 3 is 2.72 bits per heavy atom. The van der Waals surface area contributed by atoms with E-state index in [9.17, 15) is 4.79 Å². The molecule has 1 aliphatic carbocycles. The molecule has 1 aliphatic heterocycles. The van der Waals surface area contributed by atoms with Crippen molar-refractivity contribution in [2.45, 2.75) is 51.0 Å². The molecule has 1 aromatic heterocycles. The number of furan rings is 1. The lowest BCUT2D eigenvalue weighted by molar-refractivity contribution is -0.121. The maximum Gasteiger partial charge on any atom is 0.221 e. The quantitative estimate of drug-likeness (QED) is 0.430. The summed E-state index contributed by atoms with van der Waals surface area (Å²) in [7, 11) is 0. The van der Waals surface area contributed by atoms with Crippen LogP contribution in [0.15, 0.2) is 46.0 Å². The van der Waals surface area contributed by atoms with Crippen molar-refractivity contribution in [1.82, 2.24) is 10.6 Å². The zero-order chi connectivity index (χ0) is 22.0.